The van der Waals surface area contributed by atoms with Crippen LogP contribution >= 0.6 is 0 Å². The summed E-state index contributed by atoms with van der Waals surface area (Å²) in [7, 11) is 0. The highest BCUT2D eigenvalue weighted by Gasteiger charge is 2.32. The Balaban J connectivity index is 1.40. The molecule has 0 radical (unpaired) electrons. The predicted molar refractivity (Wildman–Crippen MR) is 152 cm³/mol. The summed E-state index contributed by atoms with van der Waals surface area (Å²) in [6.45, 7) is 2.95. The van der Waals surface area contributed by atoms with Crippen LogP contribution in [-0.4, -0.2) is 6.61 Å². The summed E-state index contributed by atoms with van der Waals surface area (Å²) in [6, 6.07) is 28.2. The number of fused-ring (bicyclic) bond motifs is 7. The van der Waals surface area contributed by atoms with E-state index in [1.54, 1.807) is 0 Å². The molecule has 1 aliphatic heterocycles. The lowest BCUT2D eigenvalue weighted by atomic mass is 9.83. The van der Waals surface area contributed by atoms with Gasteiger partial charge in [0.1, 0.15) is 11.3 Å². The Bertz CT molecular complexity index is 1620. The van der Waals surface area contributed by atoms with Crippen LogP contribution in [0.15, 0.2) is 94.1 Å². The summed E-state index contributed by atoms with van der Waals surface area (Å²) >= 11 is 0. The minimum absolute atomic E-state index is 0.308. The molecule has 186 valence electrons. The molecule has 0 spiro atoms. The molecule has 0 saturated carbocycles. The van der Waals surface area contributed by atoms with Crippen molar-refractivity contribution in [3.63, 3.8) is 0 Å². The summed E-state index contributed by atoms with van der Waals surface area (Å²) in [5, 5.41) is 6.86. The Kier molecular flexibility index (Phi) is 6.40. The molecule has 6 rings (SSSR count). The highest BCUT2D eigenvalue weighted by molar-refractivity contribution is 6.11. The molecule has 1 aliphatic rings. The van der Waals surface area contributed by atoms with Crippen LogP contribution < -0.4 is 15.7 Å². The number of anilines is 1. The summed E-state index contributed by atoms with van der Waals surface area (Å²) in [5.74, 6) is 0.854. The number of hydrogen-bond donors (Lipinski definition) is 1. The first-order valence-electron chi connectivity index (χ1n) is 13.3. The van der Waals surface area contributed by atoms with Gasteiger partial charge in [0, 0.05) is 22.2 Å². The van der Waals surface area contributed by atoms with Crippen molar-refractivity contribution in [1.82, 2.24) is 0 Å². The fourth-order valence-corrected chi connectivity index (χ4v) is 5.49. The second-order valence-electron chi connectivity index (χ2n) is 9.79. The van der Waals surface area contributed by atoms with E-state index in [1.165, 1.54) is 25.7 Å². The molecule has 1 aromatic heterocycles. The minimum Gasteiger partial charge on any atom is -0.494 e. The number of unbranched alkanes of at least 4 members (excludes halogenated alkanes) is 4. The Hall–Kier alpha value is -4.05. The van der Waals surface area contributed by atoms with Gasteiger partial charge in [-0.15, -0.1) is 0 Å². The van der Waals surface area contributed by atoms with Crippen LogP contribution in [-0.2, 0) is 0 Å². The fraction of sp³-hybridized carbons (Fsp3) is 0.242. The first-order valence-corrected chi connectivity index (χ1v) is 13.3. The van der Waals surface area contributed by atoms with Crippen molar-refractivity contribution in [2.24, 2.45) is 0 Å². The Morgan fingerprint density at radius 1 is 0.784 bits per heavy atom. The largest absolute Gasteiger partial charge is 0.494 e. The van der Waals surface area contributed by atoms with Crippen molar-refractivity contribution < 1.29 is 9.15 Å². The van der Waals surface area contributed by atoms with Gasteiger partial charge in [-0.25, -0.2) is 4.79 Å². The van der Waals surface area contributed by atoms with Gasteiger partial charge in [-0.3, -0.25) is 0 Å². The van der Waals surface area contributed by atoms with Gasteiger partial charge in [-0.05, 0) is 47.0 Å². The molecule has 1 N–H and O–H groups in total. The number of nitrogens with one attached hydrogen (secondary N) is 1. The van der Waals surface area contributed by atoms with Gasteiger partial charge < -0.3 is 14.5 Å². The molecule has 0 bridgehead atoms. The normalized spacial score (nSPS) is 14.2. The molecule has 37 heavy (non-hydrogen) atoms. The van der Waals surface area contributed by atoms with Crippen molar-refractivity contribution in [2.75, 3.05) is 11.9 Å². The zero-order chi connectivity index (χ0) is 25.2. The molecular formula is C33H31NO3. The number of hydrogen-bond acceptors (Lipinski definition) is 4. The van der Waals surface area contributed by atoms with E-state index in [0.717, 1.165) is 57.3 Å². The second kappa shape index (κ2) is 10.1. The quantitative estimate of drug-likeness (QED) is 0.175. The molecule has 0 fully saturated rings. The van der Waals surface area contributed by atoms with Crippen LogP contribution in [0.3, 0.4) is 0 Å². The number of benzene rings is 4. The highest BCUT2D eigenvalue weighted by Crippen LogP contribution is 2.47. The van der Waals surface area contributed by atoms with Gasteiger partial charge in [-0.1, -0.05) is 93.3 Å². The minimum atomic E-state index is -0.326. The van der Waals surface area contributed by atoms with Crippen LogP contribution in [0.2, 0.25) is 0 Å². The maximum Gasteiger partial charge on any atom is 0.342 e. The molecule has 5 aromatic rings. The molecule has 4 aromatic carbocycles. The van der Waals surface area contributed by atoms with E-state index in [1.807, 2.05) is 48.5 Å². The van der Waals surface area contributed by atoms with Crippen LogP contribution in [0, 0.1) is 0 Å². The maximum atomic E-state index is 13.5. The van der Waals surface area contributed by atoms with Gasteiger partial charge in [0.25, 0.3) is 0 Å². The lowest BCUT2D eigenvalue weighted by Crippen LogP contribution is -2.25. The van der Waals surface area contributed by atoms with E-state index in [0.29, 0.717) is 11.1 Å². The molecule has 1 atom stereocenters. The van der Waals surface area contributed by atoms with Crippen molar-refractivity contribution in [3.8, 4) is 16.9 Å². The zero-order valence-electron chi connectivity index (χ0n) is 21.1. The Labute approximate surface area is 216 Å². The molecule has 4 nitrogen and oxygen atoms in total. The van der Waals surface area contributed by atoms with E-state index in [-0.39, 0.29) is 11.7 Å². The summed E-state index contributed by atoms with van der Waals surface area (Å²) in [6.07, 6.45) is 6.06. The zero-order valence-corrected chi connectivity index (χ0v) is 21.1. The average Bonchev–Trinajstić information content (AvgIpc) is 2.94. The van der Waals surface area contributed by atoms with Crippen LogP contribution in [0.4, 0.5) is 5.69 Å². The van der Waals surface area contributed by atoms with Gasteiger partial charge in [0.05, 0.1) is 18.2 Å². The Morgan fingerprint density at radius 3 is 2.38 bits per heavy atom. The maximum absolute atomic E-state index is 13.5. The smallest absolute Gasteiger partial charge is 0.342 e. The Morgan fingerprint density at radius 2 is 1.54 bits per heavy atom. The average molecular weight is 490 g/mol. The van der Waals surface area contributed by atoms with E-state index < -0.39 is 0 Å². The third-order valence-corrected chi connectivity index (χ3v) is 7.35. The van der Waals surface area contributed by atoms with Gasteiger partial charge >= 0.3 is 5.63 Å². The van der Waals surface area contributed by atoms with Gasteiger partial charge in [0.15, 0.2) is 0 Å². The predicted octanol–water partition coefficient (Wildman–Crippen LogP) is 8.48. The van der Waals surface area contributed by atoms with E-state index >= 15 is 0 Å². The first-order chi connectivity index (χ1) is 18.2. The number of para-hydroxylation sites is 1. The van der Waals surface area contributed by atoms with E-state index in [9.17, 15) is 4.79 Å². The van der Waals surface area contributed by atoms with Crippen LogP contribution in [0.25, 0.3) is 32.9 Å². The fourth-order valence-electron chi connectivity index (χ4n) is 5.49. The van der Waals surface area contributed by atoms with Gasteiger partial charge in [0.2, 0.25) is 0 Å². The van der Waals surface area contributed by atoms with E-state index in [4.69, 9.17) is 9.15 Å². The molecule has 0 amide bonds. The molecule has 4 heteroatoms. The van der Waals surface area contributed by atoms with Crippen LogP contribution in [0.1, 0.15) is 56.2 Å². The van der Waals surface area contributed by atoms with Crippen molar-refractivity contribution in [1.29, 1.82) is 0 Å². The van der Waals surface area contributed by atoms with Crippen LogP contribution in [0.5, 0.6) is 5.75 Å². The summed E-state index contributed by atoms with van der Waals surface area (Å²) in [4.78, 5) is 13.5. The summed E-state index contributed by atoms with van der Waals surface area (Å²) < 4.78 is 11.8. The van der Waals surface area contributed by atoms with Crippen molar-refractivity contribution in [2.45, 2.75) is 45.1 Å². The molecular weight excluding hydrogens is 458 g/mol. The number of rotatable bonds is 8. The van der Waals surface area contributed by atoms with Gasteiger partial charge in [-0.2, -0.15) is 0 Å². The monoisotopic (exact) mass is 489 g/mol. The van der Waals surface area contributed by atoms with Crippen molar-refractivity contribution >= 4 is 27.4 Å². The SMILES string of the molecule is CCCCCCCOc1ccc([C@@H]2Nc3ccc4ccccc4c3-c3c2c(=O)oc2ccccc32)cc1. The highest BCUT2D eigenvalue weighted by atomic mass is 16.5. The second-order valence-corrected chi connectivity index (χ2v) is 9.79. The third kappa shape index (κ3) is 4.37. The molecule has 2 heterocycles. The van der Waals surface area contributed by atoms with Crippen molar-refractivity contribution in [3.05, 3.63) is 106 Å². The molecule has 0 aliphatic carbocycles. The summed E-state index contributed by atoms with van der Waals surface area (Å²) in [5.41, 5.74) is 4.96. The third-order valence-electron chi connectivity index (χ3n) is 7.35. The molecule has 0 saturated heterocycles. The first kappa shape index (κ1) is 23.4. The lowest BCUT2D eigenvalue weighted by molar-refractivity contribution is 0.304. The topological polar surface area (TPSA) is 51.5 Å². The lowest BCUT2D eigenvalue weighted by Gasteiger charge is -2.30. The number of ether oxygens (including phenoxy) is 1. The van der Waals surface area contributed by atoms with E-state index in [2.05, 4.69) is 48.6 Å². The standard InChI is InChI=1S/C33H31NO3/c1-2-3-4-5-10-21-36-24-18-15-23(16-19-24)32-31-30(26-13-8-9-14-28(26)37-33(31)35)29-25-12-7-6-11-22(25)17-20-27(29)34-32/h6-9,11-20,32,34H,2-5,10,21H2,1H3/t32-/m0/s1. The molecule has 0 unspecified atom stereocenters.